The maximum absolute atomic E-state index is 9.14. The van der Waals surface area contributed by atoms with Crippen LogP contribution in [0.1, 0.15) is 31.9 Å². The van der Waals surface area contributed by atoms with E-state index in [4.69, 9.17) is 9.84 Å². The highest BCUT2D eigenvalue weighted by molar-refractivity contribution is 5.45. The molecule has 1 N–H and O–H groups in total. The Kier molecular flexibility index (Phi) is 4.55. The minimum absolute atomic E-state index is 0.0759. The number of anilines is 1. The molecule has 2 rings (SSSR count). The molecule has 0 aromatic carbocycles. The molecule has 1 unspecified atom stereocenters. The Morgan fingerprint density at radius 1 is 1.56 bits per heavy atom. The van der Waals surface area contributed by atoms with E-state index in [-0.39, 0.29) is 12.7 Å². The summed E-state index contributed by atoms with van der Waals surface area (Å²) in [4.78, 5) is 6.75. The molecule has 0 saturated carbocycles. The Hall–Kier alpha value is -1.13. The van der Waals surface area contributed by atoms with Gasteiger partial charge in [0.1, 0.15) is 0 Å². The smallest absolute Gasteiger partial charge is 0.0980 e. The third kappa shape index (κ3) is 3.00. The summed E-state index contributed by atoms with van der Waals surface area (Å²) in [6, 6.07) is 4.22. The number of pyridine rings is 1. The quantitative estimate of drug-likeness (QED) is 0.885. The number of rotatable bonds is 4. The van der Waals surface area contributed by atoms with Gasteiger partial charge in [-0.15, -0.1) is 0 Å². The van der Waals surface area contributed by atoms with Crippen molar-refractivity contribution in [3.63, 3.8) is 0 Å². The van der Waals surface area contributed by atoms with Crippen LogP contribution >= 0.6 is 0 Å². The van der Waals surface area contributed by atoms with E-state index >= 15 is 0 Å². The highest BCUT2D eigenvalue weighted by Crippen LogP contribution is 2.21. The van der Waals surface area contributed by atoms with Crippen LogP contribution in [0.4, 0.5) is 5.69 Å². The second-order valence-electron chi connectivity index (χ2n) is 4.87. The zero-order valence-electron chi connectivity index (χ0n) is 11.2. The predicted octanol–water partition coefficient (Wildman–Crippen LogP) is 1.79. The highest BCUT2D eigenvalue weighted by Gasteiger charge is 2.20. The van der Waals surface area contributed by atoms with Gasteiger partial charge in [-0.1, -0.05) is 13.8 Å². The Morgan fingerprint density at radius 2 is 2.39 bits per heavy atom. The fourth-order valence-corrected chi connectivity index (χ4v) is 2.15. The topological polar surface area (TPSA) is 45.6 Å². The first-order valence-corrected chi connectivity index (χ1v) is 6.68. The van der Waals surface area contributed by atoms with Gasteiger partial charge >= 0.3 is 0 Å². The number of hydrogen-bond acceptors (Lipinski definition) is 4. The maximum atomic E-state index is 9.14. The van der Waals surface area contributed by atoms with Crippen LogP contribution < -0.4 is 4.90 Å². The van der Waals surface area contributed by atoms with Gasteiger partial charge in [-0.25, -0.2) is 0 Å². The van der Waals surface area contributed by atoms with Crippen LogP contribution in [0.3, 0.4) is 0 Å². The van der Waals surface area contributed by atoms with Crippen LogP contribution in [0.5, 0.6) is 0 Å². The van der Waals surface area contributed by atoms with Gasteiger partial charge in [0.25, 0.3) is 0 Å². The number of ether oxygens (including phenoxy) is 1. The van der Waals surface area contributed by atoms with E-state index in [1.54, 1.807) is 0 Å². The first-order chi connectivity index (χ1) is 8.74. The summed E-state index contributed by atoms with van der Waals surface area (Å²) in [7, 11) is 0. The fourth-order valence-electron chi connectivity index (χ4n) is 2.15. The van der Waals surface area contributed by atoms with Gasteiger partial charge < -0.3 is 14.7 Å². The van der Waals surface area contributed by atoms with Crippen LogP contribution in [0, 0.1) is 0 Å². The minimum atomic E-state index is -0.0759. The molecule has 1 aliphatic rings. The average Bonchev–Trinajstić information content (AvgIpc) is 2.46. The number of hydrogen-bond donors (Lipinski definition) is 1. The lowest BCUT2D eigenvalue weighted by molar-refractivity contribution is 0.00355. The Labute approximate surface area is 109 Å². The van der Waals surface area contributed by atoms with Gasteiger partial charge in [0.15, 0.2) is 0 Å². The molecule has 0 aliphatic carbocycles. The fraction of sp³-hybridized carbons (Fsp3) is 0.643. The second kappa shape index (κ2) is 6.16. The molecule has 1 fully saturated rings. The van der Waals surface area contributed by atoms with Crippen molar-refractivity contribution in [2.75, 3.05) is 31.2 Å². The molecule has 100 valence electrons. The molecule has 2 heterocycles. The Balaban J connectivity index is 2.04. The summed E-state index contributed by atoms with van der Waals surface area (Å²) in [5.74, 6) is 0.508. The van der Waals surface area contributed by atoms with E-state index in [0.717, 1.165) is 30.9 Å². The van der Waals surface area contributed by atoms with Crippen molar-refractivity contribution in [3.8, 4) is 0 Å². The molecule has 1 aromatic heterocycles. The van der Waals surface area contributed by atoms with Crippen molar-refractivity contribution in [2.45, 2.75) is 32.3 Å². The van der Waals surface area contributed by atoms with Crippen LogP contribution in [0.2, 0.25) is 0 Å². The van der Waals surface area contributed by atoms with Crippen molar-refractivity contribution in [1.82, 2.24) is 4.98 Å². The van der Waals surface area contributed by atoms with E-state index in [1.165, 1.54) is 0 Å². The largest absolute Gasteiger partial charge is 0.394 e. The lowest BCUT2D eigenvalue weighted by atomic mass is 10.0. The molecule has 1 saturated heterocycles. The lowest BCUT2D eigenvalue weighted by Gasteiger charge is -2.33. The first kappa shape index (κ1) is 13.3. The standard InChI is InChI=1S/C14H22N2O2/c1-3-11(2)14-5-4-12(8-15-14)16-6-7-18-13(9-16)10-17/h4-5,8,11,13,17H,3,6-7,9-10H2,1-2H3/t11?,13-/m0/s1. The molecule has 0 bridgehead atoms. The van der Waals surface area contributed by atoms with Crippen LogP contribution in [0.15, 0.2) is 18.3 Å². The number of morpholine rings is 1. The van der Waals surface area contributed by atoms with Crippen molar-refractivity contribution in [2.24, 2.45) is 0 Å². The Morgan fingerprint density at radius 3 is 3.00 bits per heavy atom. The van der Waals surface area contributed by atoms with Crippen molar-refractivity contribution in [1.29, 1.82) is 0 Å². The molecule has 4 nitrogen and oxygen atoms in total. The molecular weight excluding hydrogens is 228 g/mol. The molecule has 18 heavy (non-hydrogen) atoms. The van der Waals surface area contributed by atoms with E-state index in [1.807, 2.05) is 6.20 Å². The summed E-state index contributed by atoms with van der Waals surface area (Å²) in [6.45, 7) is 6.71. The van der Waals surface area contributed by atoms with Crippen LogP contribution in [0.25, 0.3) is 0 Å². The van der Waals surface area contributed by atoms with Crippen LogP contribution in [-0.4, -0.2) is 42.5 Å². The van der Waals surface area contributed by atoms with Gasteiger partial charge in [0, 0.05) is 18.8 Å². The van der Waals surface area contributed by atoms with Gasteiger partial charge in [-0.3, -0.25) is 4.98 Å². The highest BCUT2D eigenvalue weighted by atomic mass is 16.5. The normalized spacial score (nSPS) is 21.9. The molecule has 2 atom stereocenters. The number of aliphatic hydroxyl groups is 1. The zero-order chi connectivity index (χ0) is 13.0. The molecule has 1 aliphatic heterocycles. The van der Waals surface area contributed by atoms with Crippen molar-refractivity contribution in [3.05, 3.63) is 24.0 Å². The van der Waals surface area contributed by atoms with Gasteiger partial charge in [0.2, 0.25) is 0 Å². The van der Waals surface area contributed by atoms with E-state index < -0.39 is 0 Å². The average molecular weight is 250 g/mol. The van der Waals surface area contributed by atoms with Crippen LogP contribution in [-0.2, 0) is 4.74 Å². The summed E-state index contributed by atoms with van der Waals surface area (Å²) in [6.07, 6.45) is 2.96. The maximum Gasteiger partial charge on any atom is 0.0980 e. The molecule has 0 radical (unpaired) electrons. The molecule has 0 spiro atoms. The van der Waals surface area contributed by atoms with Crippen molar-refractivity contribution >= 4 is 5.69 Å². The molecule has 4 heteroatoms. The number of nitrogens with zero attached hydrogens (tertiary/aromatic N) is 2. The SMILES string of the molecule is CCC(C)c1ccc(N2CCO[C@H](CO)C2)cn1. The molecular formula is C14H22N2O2. The van der Waals surface area contributed by atoms with Crippen molar-refractivity contribution < 1.29 is 9.84 Å². The van der Waals surface area contributed by atoms with E-state index in [9.17, 15) is 0 Å². The Bertz CT molecular complexity index is 367. The summed E-state index contributed by atoms with van der Waals surface area (Å²) < 4.78 is 5.45. The second-order valence-corrected chi connectivity index (χ2v) is 4.87. The first-order valence-electron chi connectivity index (χ1n) is 6.68. The zero-order valence-corrected chi connectivity index (χ0v) is 11.2. The summed E-state index contributed by atoms with van der Waals surface area (Å²) in [5, 5.41) is 9.14. The predicted molar refractivity (Wildman–Crippen MR) is 72.0 cm³/mol. The van der Waals surface area contributed by atoms with E-state index in [2.05, 4.69) is 35.9 Å². The minimum Gasteiger partial charge on any atom is -0.394 e. The van der Waals surface area contributed by atoms with Gasteiger partial charge in [0.05, 0.1) is 31.2 Å². The lowest BCUT2D eigenvalue weighted by Crippen LogP contribution is -2.44. The molecule has 0 amide bonds. The number of aliphatic hydroxyl groups excluding tert-OH is 1. The third-order valence-electron chi connectivity index (χ3n) is 3.60. The summed E-state index contributed by atoms with van der Waals surface area (Å²) in [5.41, 5.74) is 2.26. The molecule has 1 aromatic rings. The van der Waals surface area contributed by atoms with Gasteiger partial charge in [-0.05, 0) is 24.5 Å². The number of aromatic nitrogens is 1. The van der Waals surface area contributed by atoms with E-state index in [0.29, 0.717) is 12.5 Å². The monoisotopic (exact) mass is 250 g/mol. The third-order valence-corrected chi connectivity index (χ3v) is 3.60. The summed E-state index contributed by atoms with van der Waals surface area (Å²) >= 11 is 0. The van der Waals surface area contributed by atoms with Gasteiger partial charge in [-0.2, -0.15) is 0 Å².